The minimum atomic E-state index is -4.28. The molecule has 0 radical (unpaired) electrons. The lowest BCUT2D eigenvalue weighted by molar-refractivity contribution is -0.173. The number of hydrogen-bond donors (Lipinski definition) is 1. The van der Waals surface area contributed by atoms with E-state index in [2.05, 4.69) is 34.1 Å². The maximum Gasteiger partial charge on any atom is 0.411 e. The molecule has 0 saturated heterocycles. The Kier molecular flexibility index (Phi) is 4.64. The van der Waals surface area contributed by atoms with Gasteiger partial charge in [0.15, 0.2) is 5.82 Å². The van der Waals surface area contributed by atoms with Crippen LogP contribution in [0.1, 0.15) is 31.5 Å². The second-order valence-corrected chi connectivity index (χ2v) is 5.22. The monoisotopic (exact) mass is 292 g/mol. The van der Waals surface area contributed by atoms with E-state index in [1.165, 1.54) is 0 Å². The summed E-state index contributed by atoms with van der Waals surface area (Å²) < 4.78 is 42.5. The highest BCUT2D eigenvalue weighted by Crippen LogP contribution is 2.23. The summed E-state index contributed by atoms with van der Waals surface area (Å²) in [7, 11) is 0. The SMILES string of the molecule is CC(C)C1NCCn2c(CCOCC(F)(F)F)nnc21. The summed E-state index contributed by atoms with van der Waals surface area (Å²) in [6.45, 7) is 4.51. The molecule has 8 heteroatoms. The molecule has 114 valence electrons. The Labute approximate surface area is 115 Å². The molecule has 1 aromatic rings. The van der Waals surface area contributed by atoms with Gasteiger partial charge in [-0.1, -0.05) is 13.8 Å². The summed E-state index contributed by atoms with van der Waals surface area (Å²) >= 11 is 0. The van der Waals surface area contributed by atoms with Gasteiger partial charge in [0, 0.05) is 19.5 Å². The van der Waals surface area contributed by atoms with Gasteiger partial charge in [-0.2, -0.15) is 13.2 Å². The minimum Gasteiger partial charge on any atom is -0.372 e. The number of alkyl halides is 3. The Bertz CT molecular complexity index is 444. The molecule has 0 amide bonds. The standard InChI is InChI=1S/C12H19F3N4O/c1-8(2)10-11-18-17-9(19(11)5-4-16-10)3-6-20-7-12(13,14)15/h8,10,16H,3-7H2,1-2H3. The lowest BCUT2D eigenvalue weighted by atomic mass is 10.0. The number of nitrogens with one attached hydrogen (secondary N) is 1. The zero-order chi connectivity index (χ0) is 14.8. The predicted molar refractivity (Wildman–Crippen MR) is 66.2 cm³/mol. The normalized spacial score (nSPS) is 19.4. The number of aromatic nitrogens is 3. The molecule has 2 rings (SSSR count). The lowest BCUT2D eigenvalue weighted by Crippen LogP contribution is -2.37. The van der Waals surface area contributed by atoms with Gasteiger partial charge in [-0.05, 0) is 5.92 Å². The lowest BCUT2D eigenvalue weighted by Gasteiger charge is -2.27. The Morgan fingerprint density at radius 3 is 2.80 bits per heavy atom. The first-order valence-corrected chi connectivity index (χ1v) is 6.68. The highest BCUT2D eigenvalue weighted by molar-refractivity contribution is 5.05. The maximum atomic E-state index is 12.0. The summed E-state index contributed by atoms with van der Waals surface area (Å²) in [5, 5.41) is 11.6. The first kappa shape index (κ1) is 15.2. The average Bonchev–Trinajstić information content (AvgIpc) is 2.76. The topological polar surface area (TPSA) is 52.0 Å². The number of fused-ring (bicyclic) bond motifs is 1. The molecular formula is C12H19F3N4O. The van der Waals surface area contributed by atoms with Gasteiger partial charge < -0.3 is 14.6 Å². The van der Waals surface area contributed by atoms with E-state index in [1.54, 1.807) is 0 Å². The van der Waals surface area contributed by atoms with Gasteiger partial charge in [-0.25, -0.2) is 0 Å². The predicted octanol–water partition coefficient (Wildman–Crippen LogP) is 1.70. The van der Waals surface area contributed by atoms with Crippen LogP contribution in [0.25, 0.3) is 0 Å². The van der Waals surface area contributed by atoms with Crippen molar-refractivity contribution in [1.29, 1.82) is 0 Å². The molecule has 0 saturated carbocycles. The smallest absolute Gasteiger partial charge is 0.372 e. The van der Waals surface area contributed by atoms with Gasteiger partial charge in [0.2, 0.25) is 0 Å². The molecule has 5 nitrogen and oxygen atoms in total. The quantitative estimate of drug-likeness (QED) is 0.839. The number of ether oxygens (including phenoxy) is 1. The third-order valence-corrected chi connectivity index (χ3v) is 3.24. The van der Waals surface area contributed by atoms with Crippen LogP contribution in [-0.4, -0.2) is 40.7 Å². The average molecular weight is 292 g/mol. The van der Waals surface area contributed by atoms with E-state index in [4.69, 9.17) is 0 Å². The summed E-state index contributed by atoms with van der Waals surface area (Å²) in [6, 6.07) is 0.140. The fraction of sp³-hybridized carbons (Fsp3) is 0.833. The minimum absolute atomic E-state index is 0.00256. The van der Waals surface area contributed by atoms with Gasteiger partial charge in [-0.3, -0.25) is 0 Å². The van der Waals surface area contributed by atoms with Crippen molar-refractivity contribution in [3.63, 3.8) is 0 Å². The van der Waals surface area contributed by atoms with Gasteiger partial charge in [-0.15, -0.1) is 10.2 Å². The molecular weight excluding hydrogens is 273 g/mol. The molecule has 0 aliphatic carbocycles. The largest absolute Gasteiger partial charge is 0.411 e. The van der Waals surface area contributed by atoms with Crippen LogP contribution >= 0.6 is 0 Å². The molecule has 0 aromatic carbocycles. The van der Waals surface area contributed by atoms with Crippen LogP contribution in [0.3, 0.4) is 0 Å². The van der Waals surface area contributed by atoms with Gasteiger partial charge in [0.05, 0.1) is 12.6 Å². The van der Waals surface area contributed by atoms with E-state index < -0.39 is 12.8 Å². The number of halogens is 3. The van der Waals surface area contributed by atoms with E-state index in [1.807, 2.05) is 4.57 Å². The molecule has 1 N–H and O–H groups in total. The summed E-state index contributed by atoms with van der Waals surface area (Å²) in [6.07, 6.45) is -3.94. The maximum absolute atomic E-state index is 12.0. The van der Waals surface area contributed by atoms with Crippen LogP contribution in [0.2, 0.25) is 0 Å². The Hall–Kier alpha value is -1.15. The van der Waals surface area contributed by atoms with Crippen molar-refractivity contribution in [2.45, 2.75) is 39.0 Å². The first-order valence-electron chi connectivity index (χ1n) is 6.68. The molecule has 1 aromatic heterocycles. The number of hydrogen-bond acceptors (Lipinski definition) is 4. The van der Waals surface area contributed by atoms with E-state index in [0.29, 0.717) is 18.2 Å². The molecule has 0 spiro atoms. The van der Waals surface area contributed by atoms with Gasteiger partial charge in [0.25, 0.3) is 0 Å². The van der Waals surface area contributed by atoms with Crippen molar-refractivity contribution < 1.29 is 17.9 Å². The number of nitrogens with zero attached hydrogens (tertiary/aromatic N) is 3. The fourth-order valence-electron chi connectivity index (χ4n) is 2.32. The third kappa shape index (κ3) is 3.69. The van der Waals surface area contributed by atoms with Crippen molar-refractivity contribution in [3.8, 4) is 0 Å². The second kappa shape index (κ2) is 6.09. The van der Waals surface area contributed by atoms with Crippen LogP contribution in [0.4, 0.5) is 13.2 Å². The van der Waals surface area contributed by atoms with Crippen LogP contribution in [0, 0.1) is 5.92 Å². The van der Waals surface area contributed by atoms with E-state index in [9.17, 15) is 13.2 Å². The molecule has 1 unspecified atom stereocenters. The third-order valence-electron chi connectivity index (χ3n) is 3.24. The molecule has 20 heavy (non-hydrogen) atoms. The molecule has 0 bridgehead atoms. The zero-order valence-electron chi connectivity index (χ0n) is 11.6. The zero-order valence-corrected chi connectivity index (χ0v) is 11.6. The highest BCUT2D eigenvalue weighted by Gasteiger charge is 2.28. The van der Waals surface area contributed by atoms with E-state index in [-0.39, 0.29) is 12.6 Å². The van der Waals surface area contributed by atoms with Crippen LogP contribution in [0.15, 0.2) is 0 Å². The molecule has 1 atom stereocenters. The highest BCUT2D eigenvalue weighted by atomic mass is 19.4. The van der Waals surface area contributed by atoms with Crippen molar-refractivity contribution in [1.82, 2.24) is 20.1 Å². The van der Waals surface area contributed by atoms with Gasteiger partial charge >= 0.3 is 6.18 Å². The van der Waals surface area contributed by atoms with Crippen molar-refractivity contribution in [3.05, 3.63) is 11.6 Å². The van der Waals surface area contributed by atoms with E-state index >= 15 is 0 Å². The molecule has 1 aliphatic heterocycles. The van der Waals surface area contributed by atoms with Crippen molar-refractivity contribution in [2.24, 2.45) is 5.92 Å². The fourth-order valence-corrected chi connectivity index (χ4v) is 2.32. The summed E-state index contributed by atoms with van der Waals surface area (Å²) in [4.78, 5) is 0. The first-order chi connectivity index (χ1) is 9.38. The van der Waals surface area contributed by atoms with Crippen molar-refractivity contribution in [2.75, 3.05) is 19.8 Å². The Balaban J connectivity index is 1.94. The van der Waals surface area contributed by atoms with E-state index in [0.717, 1.165) is 18.9 Å². The Morgan fingerprint density at radius 2 is 2.15 bits per heavy atom. The molecule has 1 aliphatic rings. The Morgan fingerprint density at radius 1 is 1.40 bits per heavy atom. The molecule has 0 fully saturated rings. The van der Waals surface area contributed by atoms with Gasteiger partial charge in [0.1, 0.15) is 12.4 Å². The molecule has 2 heterocycles. The summed E-state index contributed by atoms with van der Waals surface area (Å²) in [5.41, 5.74) is 0. The number of rotatable bonds is 5. The van der Waals surface area contributed by atoms with Crippen LogP contribution in [0.5, 0.6) is 0 Å². The van der Waals surface area contributed by atoms with Crippen LogP contribution < -0.4 is 5.32 Å². The summed E-state index contributed by atoms with van der Waals surface area (Å²) in [5.74, 6) is 1.93. The second-order valence-electron chi connectivity index (χ2n) is 5.22. The van der Waals surface area contributed by atoms with Crippen molar-refractivity contribution >= 4 is 0 Å². The van der Waals surface area contributed by atoms with Crippen LogP contribution in [-0.2, 0) is 17.7 Å².